The quantitative estimate of drug-likeness (QED) is 0.687. The summed E-state index contributed by atoms with van der Waals surface area (Å²) in [4.78, 5) is 14.9. The summed E-state index contributed by atoms with van der Waals surface area (Å²) in [7, 11) is 0. The zero-order chi connectivity index (χ0) is 14.2. The number of H-pyrrole nitrogens is 1. The number of halogens is 2. The third-order valence-corrected chi connectivity index (χ3v) is 3.40. The normalized spacial score (nSPS) is 11.6. The molecule has 0 radical (unpaired) electrons. The minimum Gasteiger partial charge on any atom is -0.444 e. The van der Waals surface area contributed by atoms with Crippen LogP contribution in [0.3, 0.4) is 0 Å². The second-order valence-corrected chi connectivity index (χ2v) is 6.74. The van der Waals surface area contributed by atoms with Crippen molar-refractivity contribution in [2.24, 2.45) is 0 Å². The van der Waals surface area contributed by atoms with Gasteiger partial charge in [0.1, 0.15) is 5.60 Å². The summed E-state index contributed by atoms with van der Waals surface area (Å²) in [5.74, 6) is 0. The summed E-state index contributed by atoms with van der Waals surface area (Å²) >= 11 is 8.23. The van der Waals surface area contributed by atoms with Crippen molar-refractivity contribution in [3.05, 3.63) is 26.9 Å². The van der Waals surface area contributed by atoms with Crippen molar-refractivity contribution in [1.82, 2.24) is 4.98 Å². The Hall–Kier alpha value is -0.950. The molecule has 0 atom stereocenters. The molecule has 0 aliphatic rings. The number of hydrogen-bond donors (Lipinski definition) is 2. The van der Waals surface area contributed by atoms with Crippen LogP contribution < -0.4 is 5.32 Å². The van der Waals surface area contributed by atoms with Gasteiger partial charge < -0.3 is 9.72 Å². The summed E-state index contributed by atoms with van der Waals surface area (Å²) in [6.45, 7) is 5.46. The molecule has 1 aromatic heterocycles. The smallest absolute Gasteiger partial charge is 0.412 e. The molecule has 0 fully saturated rings. The predicted octanol–water partition coefficient (Wildman–Crippen LogP) is 4.77. The van der Waals surface area contributed by atoms with Crippen LogP contribution in [0.15, 0.2) is 18.3 Å². The summed E-state index contributed by atoms with van der Waals surface area (Å²) in [6, 6.07) is 3.53. The Bertz CT molecular complexity index is 631. The molecule has 1 aromatic carbocycles. The Morgan fingerprint density at radius 3 is 2.74 bits per heavy atom. The molecule has 102 valence electrons. The van der Waals surface area contributed by atoms with E-state index in [0.717, 1.165) is 14.5 Å². The number of nitrogens with one attached hydrogen (secondary N) is 2. The number of rotatable bonds is 1. The van der Waals surface area contributed by atoms with Gasteiger partial charge in [0.15, 0.2) is 0 Å². The fourth-order valence-corrected chi connectivity index (χ4v) is 2.66. The van der Waals surface area contributed by atoms with Crippen LogP contribution in [0.2, 0.25) is 5.02 Å². The molecule has 0 aliphatic heterocycles. The summed E-state index contributed by atoms with van der Waals surface area (Å²) in [6.07, 6.45) is 1.37. The number of aromatic amines is 1. The van der Waals surface area contributed by atoms with E-state index in [1.54, 1.807) is 6.07 Å². The number of benzene rings is 1. The van der Waals surface area contributed by atoms with Gasteiger partial charge in [-0.2, -0.15) is 0 Å². The number of hydrogen-bond acceptors (Lipinski definition) is 2. The third-order valence-electron chi connectivity index (χ3n) is 2.33. The molecule has 0 aliphatic carbocycles. The highest BCUT2D eigenvalue weighted by Gasteiger charge is 2.18. The second-order valence-electron chi connectivity index (χ2n) is 5.14. The van der Waals surface area contributed by atoms with Crippen molar-refractivity contribution in [3.8, 4) is 0 Å². The van der Waals surface area contributed by atoms with Crippen LogP contribution in [0.1, 0.15) is 20.8 Å². The van der Waals surface area contributed by atoms with Crippen molar-refractivity contribution in [2.75, 3.05) is 5.32 Å². The second kappa shape index (κ2) is 5.20. The molecule has 0 saturated carbocycles. The minimum absolute atomic E-state index is 0.493. The van der Waals surface area contributed by atoms with Crippen molar-refractivity contribution in [3.63, 3.8) is 0 Å². The number of carbonyl (C=O) groups excluding carboxylic acids is 1. The van der Waals surface area contributed by atoms with E-state index in [1.165, 1.54) is 0 Å². The van der Waals surface area contributed by atoms with Gasteiger partial charge in [0, 0.05) is 20.2 Å². The van der Waals surface area contributed by atoms with Gasteiger partial charge in [-0.1, -0.05) is 11.6 Å². The monoisotopic (exact) mass is 392 g/mol. The minimum atomic E-state index is -0.535. The third kappa shape index (κ3) is 3.54. The Balaban J connectivity index is 2.34. The van der Waals surface area contributed by atoms with E-state index in [9.17, 15) is 4.79 Å². The zero-order valence-corrected chi connectivity index (χ0v) is 13.7. The standard InChI is InChI=1S/C13H14ClIN2O2/c1-13(2,3)19-12(18)17-10-5-7(14)4-9-11(10)8(15)6-16-9/h4-6,16H,1-3H3,(H,17,18). The van der Waals surface area contributed by atoms with E-state index in [0.29, 0.717) is 10.7 Å². The molecule has 19 heavy (non-hydrogen) atoms. The molecule has 1 amide bonds. The topological polar surface area (TPSA) is 54.1 Å². The van der Waals surface area contributed by atoms with Crippen molar-refractivity contribution in [2.45, 2.75) is 26.4 Å². The van der Waals surface area contributed by atoms with Gasteiger partial charge in [-0.3, -0.25) is 5.32 Å². The maximum Gasteiger partial charge on any atom is 0.412 e. The van der Waals surface area contributed by atoms with Crippen molar-refractivity contribution in [1.29, 1.82) is 0 Å². The average molecular weight is 393 g/mol. The molecule has 1 heterocycles. The molecule has 0 unspecified atom stereocenters. The molecule has 0 saturated heterocycles. The van der Waals surface area contributed by atoms with Crippen LogP contribution in [-0.4, -0.2) is 16.7 Å². The first-order valence-electron chi connectivity index (χ1n) is 5.72. The van der Waals surface area contributed by atoms with Crippen LogP contribution in [0.4, 0.5) is 10.5 Å². The van der Waals surface area contributed by atoms with E-state index < -0.39 is 11.7 Å². The maximum absolute atomic E-state index is 11.8. The molecular formula is C13H14ClIN2O2. The molecule has 6 heteroatoms. The van der Waals surface area contributed by atoms with Gasteiger partial charge in [0.25, 0.3) is 0 Å². The Morgan fingerprint density at radius 1 is 1.42 bits per heavy atom. The van der Waals surface area contributed by atoms with Crippen LogP contribution in [0.5, 0.6) is 0 Å². The highest BCUT2D eigenvalue weighted by Crippen LogP contribution is 2.31. The van der Waals surface area contributed by atoms with E-state index in [4.69, 9.17) is 16.3 Å². The molecule has 2 aromatic rings. The first kappa shape index (κ1) is 14.5. The Labute approximate surface area is 130 Å². The Morgan fingerprint density at radius 2 is 2.11 bits per heavy atom. The molecule has 2 N–H and O–H groups in total. The van der Waals surface area contributed by atoms with Crippen LogP contribution in [-0.2, 0) is 4.74 Å². The molecule has 0 bridgehead atoms. The molecule has 4 nitrogen and oxygen atoms in total. The first-order chi connectivity index (χ1) is 8.76. The lowest BCUT2D eigenvalue weighted by molar-refractivity contribution is 0.0636. The van der Waals surface area contributed by atoms with E-state index in [2.05, 4.69) is 32.9 Å². The van der Waals surface area contributed by atoms with Gasteiger partial charge in [0.2, 0.25) is 0 Å². The molecule has 2 rings (SSSR count). The van der Waals surface area contributed by atoms with E-state index in [-0.39, 0.29) is 0 Å². The predicted molar refractivity (Wildman–Crippen MR) is 85.9 cm³/mol. The lowest BCUT2D eigenvalue weighted by Crippen LogP contribution is -2.27. The van der Waals surface area contributed by atoms with Crippen LogP contribution in [0.25, 0.3) is 10.9 Å². The number of amides is 1. The number of carbonyl (C=O) groups is 1. The Kier molecular flexibility index (Phi) is 3.96. The van der Waals surface area contributed by atoms with E-state index in [1.807, 2.05) is 33.0 Å². The van der Waals surface area contributed by atoms with Gasteiger partial charge in [-0.15, -0.1) is 0 Å². The summed E-state index contributed by atoms with van der Waals surface area (Å²) in [5, 5.41) is 4.22. The summed E-state index contributed by atoms with van der Waals surface area (Å²) in [5.41, 5.74) is 0.984. The van der Waals surface area contributed by atoms with Gasteiger partial charge in [-0.25, -0.2) is 4.79 Å². The van der Waals surface area contributed by atoms with E-state index >= 15 is 0 Å². The number of ether oxygens (including phenoxy) is 1. The van der Waals surface area contributed by atoms with Crippen LogP contribution >= 0.6 is 34.2 Å². The average Bonchev–Trinajstić information content (AvgIpc) is 2.56. The van der Waals surface area contributed by atoms with Gasteiger partial charge in [0.05, 0.1) is 11.2 Å². The largest absolute Gasteiger partial charge is 0.444 e. The first-order valence-corrected chi connectivity index (χ1v) is 7.18. The highest BCUT2D eigenvalue weighted by molar-refractivity contribution is 14.1. The van der Waals surface area contributed by atoms with Crippen LogP contribution in [0, 0.1) is 3.57 Å². The SMILES string of the molecule is CC(C)(C)OC(=O)Nc1cc(Cl)cc2[nH]cc(I)c12. The molecule has 0 spiro atoms. The van der Waals surface area contributed by atoms with Gasteiger partial charge in [-0.05, 0) is 55.5 Å². The summed E-state index contributed by atoms with van der Waals surface area (Å²) < 4.78 is 6.25. The van der Waals surface area contributed by atoms with Crippen molar-refractivity contribution < 1.29 is 9.53 Å². The highest BCUT2D eigenvalue weighted by atomic mass is 127. The lowest BCUT2D eigenvalue weighted by atomic mass is 10.2. The maximum atomic E-state index is 11.8. The number of anilines is 1. The lowest BCUT2D eigenvalue weighted by Gasteiger charge is -2.20. The van der Waals surface area contributed by atoms with Crippen molar-refractivity contribution >= 4 is 56.9 Å². The number of aromatic nitrogens is 1. The fourth-order valence-electron chi connectivity index (χ4n) is 1.70. The molecular weight excluding hydrogens is 379 g/mol. The number of fused-ring (bicyclic) bond motifs is 1. The van der Waals surface area contributed by atoms with Gasteiger partial charge >= 0.3 is 6.09 Å². The fraction of sp³-hybridized carbons (Fsp3) is 0.308. The zero-order valence-electron chi connectivity index (χ0n) is 10.8.